The molecule has 0 spiro atoms. The van der Waals surface area contributed by atoms with Crippen LogP contribution in [-0.2, 0) is 14.3 Å². The summed E-state index contributed by atoms with van der Waals surface area (Å²) in [5.74, 6) is -1.18. The van der Waals surface area contributed by atoms with Gasteiger partial charge in [-0.2, -0.15) is 0 Å². The lowest BCUT2D eigenvalue weighted by Crippen LogP contribution is -2.02. The Morgan fingerprint density at radius 3 is 2.04 bits per heavy atom. The third-order valence-corrected chi connectivity index (χ3v) is 4.72. The molecular formula is C22H12O3. The highest BCUT2D eigenvalue weighted by molar-refractivity contribution is 6.46. The van der Waals surface area contributed by atoms with E-state index in [-0.39, 0.29) is 0 Å². The minimum Gasteiger partial charge on any atom is -0.386 e. The molecule has 3 heteroatoms. The second-order valence-corrected chi connectivity index (χ2v) is 6.10. The van der Waals surface area contributed by atoms with Crippen LogP contribution in [0.3, 0.4) is 0 Å². The van der Waals surface area contributed by atoms with Crippen LogP contribution >= 0.6 is 0 Å². The minimum atomic E-state index is -0.589. The Balaban J connectivity index is 1.90. The minimum absolute atomic E-state index is 0.332. The lowest BCUT2D eigenvalue weighted by Gasteiger charge is -2.12. The van der Waals surface area contributed by atoms with E-state index in [0.717, 1.165) is 27.1 Å². The molecule has 5 aromatic rings. The van der Waals surface area contributed by atoms with Crippen LogP contribution in [0.15, 0.2) is 72.8 Å². The summed E-state index contributed by atoms with van der Waals surface area (Å²) in [5, 5.41) is 4.20. The maximum absolute atomic E-state index is 12.5. The fourth-order valence-corrected chi connectivity index (χ4v) is 3.63. The molecule has 0 N–H and O–H groups in total. The molecule has 0 unspecified atom stereocenters. The van der Waals surface area contributed by atoms with Crippen LogP contribution in [0.2, 0.25) is 0 Å². The molecule has 0 radical (unpaired) electrons. The van der Waals surface area contributed by atoms with E-state index in [1.165, 1.54) is 0 Å². The molecule has 0 saturated carbocycles. The predicted octanol–water partition coefficient (Wildman–Crippen LogP) is 4.43. The molecule has 6 rings (SSSR count). The number of rotatable bonds is 2. The average Bonchev–Trinajstić information content (AvgIpc) is 2.97. The van der Waals surface area contributed by atoms with Gasteiger partial charge in [-0.25, -0.2) is 9.59 Å². The van der Waals surface area contributed by atoms with Gasteiger partial charge in [0.15, 0.2) is 0 Å². The first-order valence-corrected chi connectivity index (χ1v) is 8.04. The molecule has 0 aromatic heterocycles. The smallest absolute Gasteiger partial charge is 0.347 e. The zero-order valence-electron chi connectivity index (χ0n) is 13.2. The highest BCUT2D eigenvalue weighted by Gasteiger charge is 2.35. The number of ether oxygens (including phenoxy) is 1. The highest BCUT2D eigenvalue weighted by Crippen LogP contribution is 2.40. The Labute approximate surface area is 143 Å². The molecular weight excluding hydrogens is 312 g/mol. The molecule has 0 saturated heterocycles. The summed E-state index contributed by atoms with van der Waals surface area (Å²) in [7, 11) is 0. The van der Waals surface area contributed by atoms with Crippen LogP contribution in [0, 0.1) is 0 Å². The monoisotopic (exact) mass is 324 g/mol. The van der Waals surface area contributed by atoms with Gasteiger partial charge in [0, 0.05) is 0 Å². The Bertz CT molecular complexity index is 1170. The maximum Gasteiger partial charge on any atom is 0.347 e. The van der Waals surface area contributed by atoms with Gasteiger partial charge in [-0.3, -0.25) is 0 Å². The molecule has 0 aliphatic carbocycles. The summed E-state index contributed by atoms with van der Waals surface area (Å²) < 4.78 is 4.96. The quantitative estimate of drug-likeness (QED) is 0.405. The summed E-state index contributed by atoms with van der Waals surface area (Å²) in [6.45, 7) is 0. The molecule has 1 aliphatic heterocycles. The van der Waals surface area contributed by atoms with Crippen molar-refractivity contribution in [2.24, 2.45) is 0 Å². The Hall–Kier alpha value is -3.46. The zero-order chi connectivity index (χ0) is 17.0. The van der Waals surface area contributed by atoms with E-state index in [2.05, 4.69) is 12.1 Å². The van der Waals surface area contributed by atoms with Gasteiger partial charge in [0.25, 0.3) is 0 Å². The first-order valence-electron chi connectivity index (χ1n) is 8.04. The van der Waals surface area contributed by atoms with Crippen molar-refractivity contribution in [1.82, 2.24) is 0 Å². The van der Waals surface area contributed by atoms with Crippen LogP contribution in [0.5, 0.6) is 0 Å². The fourth-order valence-electron chi connectivity index (χ4n) is 3.63. The van der Waals surface area contributed by atoms with Crippen LogP contribution in [-0.4, -0.2) is 11.9 Å². The van der Waals surface area contributed by atoms with Gasteiger partial charge in [0.2, 0.25) is 0 Å². The number of carbonyl (C=O) groups excluding carboxylic acids is 2. The van der Waals surface area contributed by atoms with Crippen molar-refractivity contribution >= 4 is 44.6 Å². The third-order valence-electron chi connectivity index (χ3n) is 4.72. The second kappa shape index (κ2) is 5.02. The number of hydrogen-bond acceptors (Lipinski definition) is 3. The Morgan fingerprint density at radius 1 is 0.600 bits per heavy atom. The largest absolute Gasteiger partial charge is 0.386 e. The summed E-state index contributed by atoms with van der Waals surface area (Å²) >= 11 is 0. The van der Waals surface area contributed by atoms with Gasteiger partial charge in [-0.1, -0.05) is 72.8 Å². The van der Waals surface area contributed by atoms with Gasteiger partial charge < -0.3 is 4.74 Å². The maximum atomic E-state index is 12.5. The standard InChI is InChI=1S/C22H12O3/c23-21-19(14-5-2-1-3-6-14)20(22(24)25-21)17-8-4-7-16-13-9-11-15(12-10-13)18(16)17/h1-12H. The van der Waals surface area contributed by atoms with Crippen molar-refractivity contribution in [3.8, 4) is 0 Å². The highest BCUT2D eigenvalue weighted by atomic mass is 16.6. The van der Waals surface area contributed by atoms with E-state index in [9.17, 15) is 9.59 Å². The first kappa shape index (κ1) is 13.9. The molecule has 2 bridgehead atoms. The van der Waals surface area contributed by atoms with Gasteiger partial charge in [-0.15, -0.1) is 0 Å². The van der Waals surface area contributed by atoms with E-state index in [1.54, 1.807) is 0 Å². The molecule has 0 amide bonds. The van der Waals surface area contributed by atoms with Crippen LogP contribution in [0.25, 0.3) is 32.7 Å². The Kier molecular flexibility index (Phi) is 2.80. The summed E-state index contributed by atoms with van der Waals surface area (Å²) in [5.41, 5.74) is 2.11. The summed E-state index contributed by atoms with van der Waals surface area (Å²) in [4.78, 5) is 24.9. The molecule has 3 nitrogen and oxygen atoms in total. The van der Waals surface area contributed by atoms with Crippen molar-refractivity contribution in [2.75, 3.05) is 0 Å². The molecule has 0 fully saturated rings. The van der Waals surface area contributed by atoms with Crippen molar-refractivity contribution in [2.45, 2.75) is 0 Å². The van der Waals surface area contributed by atoms with Gasteiger partial charge in [-0.05, 0) is 32.7 Å². The molecule has 1 heterocycles. The van der Waals surface area contributed by atoms with E-state index in [4.69, 9.17) is 4.74 Å². The third kappa shape index (κ3) is 1.93. The Morgan fingerprint density at radius 2 is 1.28 bits per heavy atom. The number of carbonyl (C=O) groups is 2. The van der Waals surface area contributed by atoms with Crippen molar-refractivity contribution < 1.29 is 14.3 Å². The van der Waals surface area contributed by atoms with Gasteiger partial charge >= 0.3 is 11.9 Å². The number of fused-ring (bicyclic) bond motifs is 2. The topological polar surface area (TPSA) is 43.4 Å². The van der Waals surface area contributed by atoms with Crippen molar-refractivity contribution in [3.63, 3.8) is 0 Å². The lowest BCUT2D eigenvalue weighted by atomic mass is 9.89. The van der Waals surface area contributed by atoms with Crippen molar-refractivity contribution in [1.29, 1.82) is 0 Å². The van der Waals surface area contributed by atoms with Gasteiger partial charge in [0.05, 0.1) is 11.1 Å². The van der Waals surface area contributed by atoms with Crippen LogP contribution in [0.1, 0.15) is 11.1 Å². The van der Waals surface area contributed by atoms with E-state index < -0.39 is 11.9 Å². The number of cyclic esters (lactones) is 2. The van der Waals surface area contributed by atoms with E-state index in [0.29, 0.717) is 16.7 Å². The molecule has 1 aliphatic rings. The number of benzene rings is 5. The van der Waals surface area contributed by atoms with E-state index in [1.807, 2.05) is 60.7 Å². The number of hydrogen-bond donors (Lipinski definition) is 0. The van der Waals surface area contributed by atoms with Crippen LogP contribution < -0.4 is 0 Å². The summed E-state index contributed by atoms with van der Waals surface area (Å²) in [6, 6.07) is 23.2. The second-order valence-electron chi connectivity index (χ2n) is 6.10. The molecule has 0 atom stereocenters. The van der Waals surface area contributed by atoms with E-state index >= 15 is 0 Å². The normalized spacial score (nSPS) is 14.7. The lowest BCUT2D eigenvalue weighted by molar-refractivity contribution is -0.149. The molecule has 5 aromatic carbocycles. The molecule has 118 valence electrons. The van der Waals surface area contributed by atoms with Crippen molar-refractivity contribution in [3.05, 3.63) is 83.9 Å². The molecule has 25 heavy (non-hydrogen) atoms. The van der Waals surface area contributed by atoms with Gasteiger partial charge in [0.1, 0.15) is 0 Å². The summed E-state index contributed by atoms with van der Waals surface area (Å²) in [6.07, 6.45) is 0. The van der Waals surface area contributed by atoms with Crippen LogP contribution in [0.4, 0.5) is 0 Å². The first-order chi connectivity index (χ1) is 12.2. The number of esters is 2. The fraction of sp³-hybridized carbons (Fsp3) is 0. The SMILES string of the molecule is O=C1OC(=O)C(c2cccc3c4ccc(cc4)c23)=C1c1ccccc1. The predicted molar refractivity (Wildman–Crippen MR) is 97.0 cm³/mol. The average molecular weight is 324 g/mol. The zero-order valence-corrected chi connectivity index (χ0v) is 13.2.